The van der Waals surface area contributed by atoms with Crippen molar-refractivity contribution >= 4 is 23.6 Å². The van der Waals surface area contributed by atoms with E-state index < -0.39 is 5.25 Å². The minimum atomic E-state index is -0.488. The number of esters is 1. The Balaban J connectivity index is 1.36. The Hall–Kier alpha value is -2.42. The van der Waals surface area contributed by atoms with Crippen molar-refractivity contribution in [2.75, 3.05) is 6.61 Å². The summed E-state index contributed by atoms with van der Waals surface area (Å²) in [5.74, 6) is 2.05. The zero-order valence-electron chi connectivity index (χ0n) is 19.6. The number of benzene rings is 1. The van der Waals surface area contributed by atoms with Gasteiger partial charge in [0.25, 0.3) is 0 Å². The summed E-state index contributed by atoms with van der Waals surface area (Å²) in [6.45, 7) is 4.04. The molecule has 4 bridgehead atoms. The molecule has 0 aliphatic heterocycles. The predicted octanol–water partition coefficient (Wildman–Crippen LogP) is 4.28. The summed E-state index contributed by atoms with van der Waals surface area (Å²) in [6.07, 6.45) is 6.83. The molecule has 1 aromatic carbocycles. The molecule has 0 saturated heterocycles. The Morgan fingerprint density at radius 3 is 2.35 bits per heavy atom. The van der Waals surface area contributed by atoms with Crippen molar-refractivity contribution < 1.29 is 18.7 Å². The highest BCUT2D eigenvalue weighted by atomic mass is 32.2. The summed E-state index contributed by atoms with van der Waals surface area (Å²) in [6, 6.07) is 6.02. The fourth-order valence-corrected chi connectivity index (χ4v) is 7.43. The van der Waals surface area contributed by atoms with Crippen LogP contribution in [0.25, 0.3) is 5.69 Å². The van der Waals surface area contributed by atoms with Crippen LogP contribution in [-0.4, -0.2) is 38.5 Å². The molecule has 0 unspecified atom stereocenters. The van der Waals surface area contributed by atoms with Gasteiger partial charge < -0.3 is 10.1 Å². The van der Waals surface area contributed by atoms with E-state index in [0.717, 1.165) is 19.3 Å². The lowest BCUT2D eigenvalue weighted by atomic mass is 9.49. The second-order valence-electron chi connectivity index (χ2n) is 10.1. The van der Waals surface area contributed by atoms with Gasteiger partial charge in [-0.3, -0.25) is 14.2 Å². The van der Waals surface area contributed by atoms with Crippen molar-refractivity contribution in [2.45, 2.75) is 69.3 Å². The summed E-state index contributed by atoms with van der Waals surface area (Å²) in [5, 5.41) is 11.8. The molecular formula is C25H31FN4O3S. The second kappa shape index (κ2) is 9.32. The van der Waals surface area contributed by atoms with Crippen LogP contribution in [0.3, 0.4) is 0 Å². The van der Waals surface area contributed by atoms with E-state index in [-0.39, 0.29) is 29.7 Å². The van der Waals surface area contributed by atoms with Gasteiger partial charge in [0.1, 0.15) is 11.1 Å². The topological polar surface area (TPSA) is 86.1 Å². The number of nitrogens with zero attached hydrogens (tertiary/aromatic N) is 3. The molecule has 1 N–H and O–H groups in total. The molecule has 9 heteroatoms. The van der Waals surface area contributed by atoms with Gasteiger partial charge >= 0.3 is 5.97 Å². The number of hydrogen-bond donors (Lipinski definition) is 1. The summed E-state index contributed by atoms with van der Waals surface area (Å²) < 4.78 is 20.5. The maximum atomic E-state index is 13.6. The molecule has 4 aliphatic rings. The van der Waals surface area contributed by atoms with Crippen LogP contribution in [0.5, 0.6) is 0 Å². The lowest BCUT2D eigenvalue weighted by molar-refractivity contribution is -0.146. The summed E-state index contributed by atoms with van der Waals surface area (Å²) in [4.78, 5) is 25.6. The van der Waals surface area contributed by atoms with Crippen LogP contribution in [0.15, 0.2) is 29.4 Å². The van der Waals surface area contributed by atoms with Crippen molar-refractivity contribution in [3.05, 3.63) is 35.9 Å². The van der Waals surface area contributed by atoms with Gasteiger partial charge in [0, 0.05) is 11.1 Å². The average molecular weight is 487 g/mol. The summed E-state index contributed by atoms with van der Waals surface area (Å²) in [7, 11) is 0. The third kappa shape index (κ3) is 4.46. The number of rotatable bonds is 8. The first-order valence-electron chi connectivity index (χ1n) is 12.2. The first-order chi connectivity index (χ1) is 16.4. The number of carbonyl (C=O) groups excluding carboxylic acids is 2. The molecule has 4 saturated carbocycles. The molecule has 7 nitrogen and oxygen atoms in total. The predicted molar refractivity (Wildman–Crippen MR) is 126 cm³/mol. The van der Waals surface area contributed by atoms with Crippen molar-refractivity contribution in [1.29, 1.82) is 0 Å². The van der Waals surface area contributed by atoms with Crippen LogP contribution in [0, 0.1) is 29.0 Å². The zero-order chi connectivity index (χ0) is 23.9. The molecule has 1 heterocycles. The van der Waals surface area contributed by atoms with Gasteiger partial charge in [-0.05, 0) is 94.4 Å². The van der Waals surface area contributed by atoms with Gasteiger partial charge in [-0.2, -0.15) is 0 Å². The lowest BCUT2D eigenvalue weighted by Gasteiger charge is -2.55. The molecule has 2 aromatic rings. The fourth-order valence-electron chi connectivity index (χ4n) is 6.54. The van der Waals surface area contributed by atoms with Gasteiger partial charge in [0.2, 0.25) is 5.91 Å². The van der Waals surface area contributed by atoms with E-state index >= 15 is 0 Å². The third-order valence-corrected chi connectivity index (χ3v) is 8.63. The highest BCUT2D eigenvalue weighted by Crippen LogP contribution is 2.60. The van der Waals surface area contributed by atoms with Gasteiger partial charge in [-0.1, -0.05) is 11.8 Å². The Morgan fingerprint density at radius 2 is 1.76 bits per heavy atom. The van der Waals surface area contributed by atoms with Crippen LogP contribution < -0.4 is 5.32 Å². The van der Waals surface area contributed by atoms with E-state index in [1.165, 1.54) is 43.2 Å². The second-order valence-corrected chi connectivity index (χ2v) is 11.4. The maximum Gasteiger partial charge on any atom is 0.319 e. The van der Waals surface area contributed by atoms with Crippen molar-refractivity contribution in [1.82, 2.24) is 20.1 Å². The van der Waals surface area contributed by atoms with Gasteiger partial charge in [0.15, 0.2) is 11.0 Å². The van der Waals surface area contributed by atoms with Crippen molar-refractivity contribution in [2.24, 2.45) is 23.2 Å². The van der Waals surface area contributed by atoms with E-state index in [9.17, 15) is 14.0 Å². The molecule has 1 amide bonds. The SMILES string of the molecule is CCOC(=O)[C@@H](C)Sc1nnc(CNC(=O)C23CC4CC(CC(C4)C2)C3)n1-c1ccc(F)cc1. The molecule has 4 aliphatic carbocycles. The lowest BCUT2D eigenvalue weighted by Crippen LogP contribution is -2.53. The number of amides is 1. The highest BCUT2D eigenvalue weighted by molar-refractivity contribution is 8.00. The quantitative estimate of drug-likeness (QED) is 0.443. The number of ether oxygens (including phenoxy) is 1. The molecule has 182 valence electrons. The molecule has 0 radical (unpaired) electrons. The molecule has 1 atom stereocenters. The van der Waals surface area contributed by atoms with Crippen LogP contribution in [0.1, 0.15) is 58.2 Å². The minimum Gasteiger partial charge on any atom is -0.465 e. The summed E-state index contributed by atoms with van der Waals surface area (Å²) in [5.41, 5.74) is 0.426. The summed E-state index contributed by atoms with van der Waals surface area (Å²) >= 11 is 1.23. The first-order valence-corrected chi connectivity index (χ1v) is 13.1. The van der Waals surface area contributed by atoms with Gasteiger partial charge in [-0.15, -0.1) is 10.2 Å². The van der Waals surface area contributed by atoms with E-state index in [4.69, 9.17) is 4.74 Å². The molecular weight excluding hydrogens is 455 g/mol. The normalized spacial score (nSPS) is 28.0. The number of thioether (sulfide) groups is 1. The van der Waals surface area contributed by atoms with Gasteiger partial charge in [0.05, 0.1) is 13.2 Å². The molecule has 34 heavy (non-hydrogen) atoms. The van der Waals surface area contributed by atoms with Crippen LogP contribution >= 0.6 is 11.8 Å². The van der Waals surface area contributed by atoms with E-state index in [2.05, 4.69) is 15.5 Å². The Morgan fingerprint density at radius 1 is 1.15 bits per heavy atom. The third-order valence-electron chi connectivity index (χ3n) is 7.61. The molecule has 6 rings (SSSR count). The van der Waals surface area contributed by atoms with E-state index in [1.807, 2.05) is 0 Å². The van der Waals surface area contributed by atoms with Crippen molar-refractivity contribution in [3.8, 4) is 5.69 Å². The number of nitrogens with one attached hydrogen (secondary N) is 1. The monoisotopic (exact) mass is 486 g/mol. The Labute approximate surface area is 203 Å². The smallest absolute Gasteiger partial charge is 0.319 e. The molecule has 4 fully saturated rings. The maximum absolute atomic E-state index is 13.6. The van der Waals surface area contributed by atoms with Crippen LogP contribution in [0.4, 0.5) is 4.39 Å². The van der Waals surface area contributed by atoms with Crippen molar-refractivity contribution in [3.63, 3.8) is 0 Å². The standard InChI is InChI=1S/C25H31FN4O3S/c1-3-33-22(31)15(2)34-24-29-28-21(30(24)20-6-4-19(26)5-7-20)14-27-23(32)25-11-16-8-17(12-25)10-18(9-16)13-25/h4-7,15-18H,3,8-14H2,1-2H3,(H,27,32)/t15-,16?,17?,18?,25?/m1/s1. The Bertz CT molecular complexity index is 1040. The van der Waals surface area contributed by atoms with Gasteiger partial charge in [-0.25, -0.2) is 4.39 Å². The Kier molecular flexibility index (Phi) is 6.39. The molecule has 1 aromatic heterocycles. The number of halogens is 1. The average Bonchev–Trinajstić information content (AvgIpc) is 3.19. The first kappa shape index (κ1) is 23.3. The zero-order valence-corrected chi connectivity index (χ0v) is 20.4. The van der Waals surface area contributed by atoms with E-state index in [1.54, 1.807) is 30.5 Å². The van der Waals surface area contributed by atoms with Crippen LogP contribution in [0.2, 0.25) is 0 Å². The number of aromatic nitrogens is 3. The molecule has 0 spiro atoms. The highest BCUT2D eigenvalue weighted by Gasteiger charge is 2.54. The van der Waals surface area contributed by atoms with E-state index in [0.29, 0.717) is 41.0 Å². The number of hydrogen-bond acceptors (Lipinski definition) is 6. The minimum absolute atomic E-state index is 0.120. The number of carbonyl (C=O) groups is 2. The fraction of sp³-hybridized carbons (Fsp3) is 0.600. The largest absolute Gasteiger partial charge is 0.465 e. The van der Waals surface area contributed by atoms with Crippen LogP contribution in [-0.2, 0) is 20.9 Å².